The lowest BCUT2D eigenvalue weighted by Crippen LogP contribution is -2.39. The molecular weight excluding hydrogens is 436 g/mol. The second kappa shape index (κ2) is 11.0. The molecule has 1 saturated carbocycles. The number of imidazole rings is 1. The van der Waals surface area contributed by atoms with Gasteiger partial charge in [0.1, 0.15) is 5.82 Å². The molecule has 0 aliphatic heterocycles. The molecule has 1 aliphatic rings. The molecule has 0 spiro atoms. The van der Waals surface area contributed by atoms with Crippen LogP contribution in [0.5, 0.6) is 0 Å². The van der Waals surface area contributed by atoms with Crippen LogP contribution in [0.25, 0.3) is 11.0 Å². The summed E-state index contributed by atoms with van der Waals surface area (Å²) in [6.45, 7) is 9.74. The van der Waals surface area contributed by atoms with E-state index in [1.165, 1.54) is 17.1 Å². The Hall–Kier alpha value is -1.93. The fourth-order valence-electron chi connectivity index (χ4n) is 4.93. The molecule has 1 heterocycles. The number of rotatable bonds is 10. The standard InChI is InChI=1S/C25H40N4O3S/c1-6-17-29-23-14-13-21(33(31,32)28(7-2)8-3)18-22(23)26-24(29)15-16-25(30)27(5)20-11-9-19(4)10-12-20/h13-14,18-20H,6-12,15-17H2,1-5H3. The first kappa shape index (κ1) is 25.7. The van der Waals surface area contributed by atoms with Crippen LogP contribution in [0.15, 0.2) is 23.1 Å². The van der Waals surface area contributed by atoms with Gasteiger partial charge in [0, 0.05) is 45.6 Å². The van der Waals surface area contributed by atoms with Gasteiger partial charge in [0.2, 0.25) is 15.9 Å². The van der Waals surface area contributed by atoms with Gasteiger partial charge in [-0.15, -0.1) is 0 Å². The number of benzene rings is 1. The molecule has 0 unspecified atom stereocenters. The number of aromatic nitrogens is 2. The minimum Gasteiger partial charge on any atom is -0.343 e. The van der Waals surface area contributed by atoms with E-state index in [1.54, 1.807) is 12.1 Å². The first-order chi connectivity index (χ1) is 15.7. The van der Waals surface area contributed by atoms with E-state index >= 15 is 0 Å². The van der Waals surface area contributed by atoms with Crippen LogP contribution in [0.2, 0.25) is 0 Å². The normalized spacial score (nSPS) is 19.3. The summed E-state index contributed by atoms with van der Waals surface area (Å²) in [7, 11) is -1.61. The molecule has 0 N–H and O–H groups in total. The molecule has 0 radical (unpaired) electrons. The van der Waals surface area contributed by atoms with Crippen LogP contribution < -0.4 is 0 Å². The summed E-state index contributed by atoms with van der Waals surface area (Å²) in [5.74, 6) is 1.77. The number of aryl methyl sites for hydroxylation is 2. The third kappa shape index (κ3) is 5.60. The van der Waals surface area contributed by atoms with Crippen LogP contribution in [0, 0.1) is 5.92 Å². The molecule has 8 heteroatoms. The first-order valence-corrected chi connectivity index (χ1v) is 13.9. The molecular formula is C25H40N4O3S. The second-order valence-electron chi connectivity index (χ2n) is 9.34. The number of carbonyl (C=O) groups excluding carboxylic acids is 1. The Kier molecular flexibility index (Phi) is 8.56. The molecule has 7 nitrogen and oxygen atoms in total. The Morgan fingerprint density at radius 3 is 2.39 bits per heavy atom. The van der Waals surface area contributed by atoms with E-state index in [2.05, 4.69) is 18.4 Å². The van der Waals surface area contributed by atoms with Gasteiger partial charge in [-0.25, -0.2) is 13.4 Å². The molecule has 184 valence electrons. The predicted octanol–water partition coefficient (Wildman–Crippen LogP) is 4.45. The summed E-state index contributed by atoms with van der Waals surface area (Å²) in [4.78, 5) is 19.9. The highest BCUT2D eigenvalue weighted by atomic mass is 32.2. The minimum absolute atomic E-state index is 0.162. The molecule has 2 aromatic rings. The topological polar surface area (TPSA) is 75.5 Å². The maximum Gasteiger partial charge on any atom is 0.243 e. The molecule has 33 heavy (non-hydrogen) atoms. The average molecular weight is 477 g/mol. The van der Waals surface area contributed by atoms with Gasteiger partial charge >= 0.3 is 0 Å². The fraction of sp³-hybridized carbons (Fsp3) is 0.680. The monoisotopic (exact) mass is 476 g/mol. The number of hydrogen-bond acceptors (Lipinski definition) is 4. The number of carbonyl (C=O) groups is 1. The Morgan fingerprint density at radius 1 is 1.12 bits per heavy atom. The molecule has 0 atom stereocenters. The Labute approximate surface area is 199 Å². The summed E-state index contributed by atoms with van der Waals surface area (Å²) in [6, 6.07) is 5.55. The second-order valence-corrected chi connectivity index (χ2v) is 11.3. The SMILES string of the molecule is CCCn1c(CCC(=O)N(C)C2CCC(C)CC2)nc2cc(S(=O)(=O)N(CC)CC)ccc21. The van der Waals surface area contributed by atoms with Gasteiger partial charge in [-0.05, 0) is 56.2 Å². The first-order valence-electron chi connectivity index (χ1n) is 12.5. The third-order valence-corrected chi connectivity index (χ3v) is 9.12. The molecule has 1 amide bonds. The van der Waals surface area contributed by atoms with Crippen molar-refractivity contribution in [2.24, 2.45) is 5.92 Å². The smallest absolute Gasteiger partial charge is 0.243 e. The Bertz CT molecular complexity index is 1050. The van der Waals surface area contributed by atoms with Gasteiger partial charge in [-0.1, -0.05) is 27.7 Å². The van der Waals surface area contributed by atoms with Crippen molar-refractivity contribution in [3.63, 3.8) is 0 Å². The van der Waals surface area contributed by atoms with Crippen molar-refractivity contribution in [1.29, 1.82) is 0 Å². The van der Waals surface area contributed by atoms with Crippen molar-refractivity contribution >= 4 is 27.0 Å². The summed E-state index contributed by atoms with van der Waals surface area (Å²) < 4.78 is 29.5. The molecule has 1 fully saturated rings. The molecule has 0 bridgehead atoms. The van der Waals surface area contributed by atoms with Gasteiger partial charge in [0.15, 0.2) is 0 Å². The third-order valence-electron chi connectivity index (χ3n) is 7.08. The van der Waals surface area contributed by atoms with E-state index < -0.39 is 10.0 Å². The van der Waals surface area contributed by atoms with E-state index in [4.69, 9.17) is 4.98 Å². The fourth-order valence-corrected chi connectivity index (χ4v) is 6.40. The zero-order valence-corrected chi connectivity index (χ0v) is 21.7. The predicted molar refractivity (Wildman–Crippen MR) is 133 cm³/mol. The number of nitrogens with zero attached hydrogens (tertiary/aromatic N) is 4. The lowest BCUT2D eigenvalue weighted by Gasteiger charge is -2.33. The van der Waals surface area contributed by atoms with Gasteiger partial charge in [-0.2, -0.15) is 4.31 Å². The maximum atomic E-state index is 13.0. The van der Waals surface area contributed by atoms with Crippen LogP contribution in [0.3, 0.4) is 0 Å². The highest BCUT2D eigenvalue weighted by molar-refractivity contribution is 7.89. The Morgan fingerprint density at radius 2 is 1.79 bits per heavy atom. The lowest BCUT2D eigenvalue weighted by molar-refractivity contribution is -0.132. The van der Waals surface area contributed by atoms with E-state index in [-0.39, 0.29) is 10.8 Å². The number of fused-ring (bicyclic) bond motifs is 1. The number of amides is 1. The Balaban J connectivity index is 1.80. The van der Waals surface area contributed by atoms with Crippen molar-refractivity contribution in [3.05, 3.63) is 24.0 Å². The van der Waals surface area contributed by atoms with Gasteiger partial charge < -0.3 is 9.47 Å². The van der Waals surface area contributed by atoms with E-state index in [9.17, 15) is 13.2 Å². The van der Waals surface area contributed by atoms with Crippen LogP contribution in [0.1, 0.15) is 72.0 Å². The van der Waals surface area contributed by atoms with Crippen LogP contribution >= 0.6 is 0 Å². The summed E-state index contributed by atoms with van der Waals surface area (Å²) in [6.07, 6.45) is 6.45. The average Bonchev–Trinajstić information content (AvgIpc) is 3.15. The zero-order valence-electron chi connectivity index (χ0n) is 20.9. The highest BCUT2D eigenvalue weighted by Gasteiger charge is 2.26. The van der Waals surface area contributed by atoms with E-state index in [1.807, 2.05) is 31.9 Å². The summed E-state index contributed by atoms with van der Waals surface area (Å²) in [5.41, 5.74) is 1.60. The molecule has 0 saturated heterocycles. The van der Waals surface area contributed by atoms with Crippen molar-refractivity contribution in [3.8, 4) is 0 Å². The largest absolute Gasteiger partial charge is 0.343 e. The van der Waals surface area contributed by atoms with Gasteiger partial charge in [-0.3, -0.25) is 4.79 Å². The van der Waals surface area contributed by atoms with Crippen molar-refractivity contribution < 1.29 is 13.2 Å². The van der Waals surface area contributed by atoms with Gasteiger partial charge in [0.05, 0.1) is 15.9 Å². The van der Waals surface area contributed by atoms with Gasteiger partial charge in [0.25, 0.3) is 0 Å². The maximum absolute atomic E-state index is 13.0. The van der Waals surface area contributed by atoms with Crippen LogP contribution in [-0.4, -0.2) is 59.3 Å². The van der Waals surface area contributed by atoms with E-state index in [0.717, 1.165) is 43.1 Å². The summed E-state index contributed by atoms with van der Waals surface area (Å²) >= 11 is 0. The molecule has 1 aromatic heterocycles. The molecule has 1 aromatic carbocycles. The number of sulfonamides is 1. The number of hydrogen-bond donors (Lipinski definition) is 0. The van der Waals surface area contributed by atoms with Crippen molar-refractivity contribution in [2.75, 3.05) is 20.1 Å². The summed E-state index contributed by atoms with van der Waals surface area (Å²) in [5, 5.41) is 0. The van der Waals surface area contributed by atoms with Crippen LogP contribution in [0.4, 0.5) is 0 Å². The zero-order chi connectivity index (χ0) is 24.2. The lowest BCUT2D eigenvalue weighted by atomic mass is 9.86. The minimum atomic E-state index is -3.54. The van der Waals surface area contributed by atoms with E-state index in [0.29, 0.717) is 37.5 Å². The molecule has 1 aliphatic carbocycles. The van der Waals surface area contributed by atoms with Crippen molar-refractivity contribution in [2.45, 2.75) is 90.1 Å². The molecule has 3 rings (SSSR count). The quantitative estimate of drug-likeness (QED) is 0.508. The van der Waals surface area contributed by atoms with Crippen LogP contribution in [-0.2, 0) is 27.8 Å². The van der Waals surface area contributed by atoms with Crippen molar-refractivity contribution in [1.82, 2.24) is 18.8 Å². The highest BCUT2D eigenvalue weighted by Crippen LogP contribution is 2.27.